The van der Waals surface area contributed by atoms with Crippen molar-refractivity contribution in [3.63, 3.8) is 0 Å². The summed E-state index contributed by atoms with van der Waals surface area (Å²) in [7, 11) is 0. The Morgan fingerprint density at radius 2 is 1.85 bits per heavy atom. The van der Waals surface area contributed by atoms with Crippen LogP contribution in [0.1, 0.15) is 69.2 Å². The molecule has 176 valence electrons. The maximum atomic E-state index is 15.3. The molecule has 4 aliphatic rings. The number of fused-ring (bicyclic) bond motifs is 4. The molecule has 3 heterocycles. The number of hydrogen-bond acceptors (Lipinski definition) is 3. The zero-order chi connectivity index (χ0) is 23.3. The van der Waals surface area contributed by atoms with Gasteiger partial charge in [0.2, 0.25) is 0 Å². The Labute approximate surface area is 196 Å². The van der Waals surface area contributed by atoms with E-state index >= 15 is 4.39 Å². The minimum atomic E-state index is -0.381. The van der Waals surface area contributed by atoms with Crippen molar-refractivity contribution in [2.24, 2.45) is 11.3 Å². The van der Waals surface area contributed by atoms with Crippen molar-refractivity contribution in [1.29, 1.82) is 0 Å². The number of nitrogens with zero attached hydrogens (tertiary/aromatic N) is 1. The minimum absolute atomic E-state index is 0.0376. The van der Waals surface area contributed by atoms with Crippen LogP contribution in [-0.2, 0) is 11.2 Å². The van der Waals surface area contributed by atoms with E-state index in [1.165, 1.54) is 5.56 Å². The molecule has 3 aliphatic heterocycles. The number of carbonyl (C=O) groups excluding carboxylic acids is 1. The average Bonchev–Trinajstić information content (AvgIpc) is 3.03. The molecule has 0 aromatic heterocycles. The van der Waals surface area contributed by atoms with E-state index in [9.17, 15) is 4.79 Å². The Balaban J connectivity index is 1.35. The lowest BCUT2D eigenvalue weighted by molar-refractivity contribution is -0.0349. The third-order valence-electron chi connectivity index (χ3n) is 7.97. The molecule has 5 heteroatoms. The van der Waals surface area contributed by atoms with Crippen LogP contribution in [0.5, 0.6) is 0 Å². The molecule has 2 atom stereocenters. The largest absolute Gasteiger partial charge is 0.445 e. The number of nitrogens with one attached hydrogen (secondary N) is 1. The molecule has 33 heavy (non-hydrogen) atoms. The first-order chi connectivity index (χ1) is 15.7. The fraction of sp³-hybridized carbons (Fsp3) is 0.536. The molecule has 2 aromatic carbocycles. The number of amides is 1. The van der Waals surface area contributed by atoms with Crippen LogP contribution in [0, 0.1) is 17.2 Å². The van der Waals surface area contributed by atoms with Gasteiger partial charge < -0.3 is 10.1 Å². The van der Waals surface area contributed by atoms with E-state index in [1.54, 1.807) is 6.07 Å². The van der Waals surface area contributed by atoms with Crippen molar-refractivity contribution in [3.8, 4) is 11.1 Å². The Bertz CT molecular complexity index is 1040. The molecular weight excluding hydrogens is 415 g/mol. The van der Waals surface area contributed by atoms with Gasteiger partial charge in [-0.1, -0.05) is 52.0 Å². The van der Waals surface area contributed by atoms with E-state index < -0.39 is 0 Å². The minimum Gasteiger partial charge on any atom is -0.445 e. The topological polar surface area (TPSA) is 41.6 Å². The summed E-state index contributed by atoms with van der Waals surface area (Å²) in [5.74, 6) is 0.658. The van der Waals surface area contributed by atoms with Gasteiger partial charge in [-0.15, -0.1) is 0 Å². The van der Waals surface area contributed by atoms with E-state index in [0.717, 1.165) is 55.6 Å². The number of carbonyl (C=O) groups is 1. The van der Waals surface area contributed by atoms with Crippen LogP contribution >= 0.6 is 0 Å². The summed E-state index contributed by atoms with van der Waals surface area (Å²) in [6, 6.07) is 11.5. The third kappa shape index (κ3) is 4.28. The summed E-state index contributed by atoms with van der Waals surface area (Å²) in [6.07, 6.45) is 2.56. The molecule has 1 N–H and O–H groups in total. The highest BCUT2D eigenvalue weighted by Gasteiger charge is 2.42. The van der Waals surface area contributed by atoms with Crippen LogP contribution in [0.25, 0.3) is 11.1 Å². The van der Waals surface area contributed by atoms with Crippen molar-refractivity contribution in [1.82, 2.24) is 10.2 Å². The van der Waals surface area contributed by atoms with Crippen LogP contribution < -0.4 is 5.32 Å². The van der Waals surface area contributed by atoms with E-state index in [2.05, 4.69) is 50.0 Å². The quantitative estimate of drug-likeness (QED) is 0.616. The smallest absolute Gasteiger partial charge is 0.407 e. The lowest BCUT2D eigenvalue weighted by Crippen LogP contribution is -2.53. The average molecular weight is 451 g/mol. The molecular formula is C28H35FN2O2. The number of piperidine rings is 3. The maximum Gasteiger partial charge on any atom is 0.407 e. The van der Waals surface area contributed by atoms with Crippen LogP contribution in [0.3, 0.4) is 0 Å². The van der Waals surface area contributed by atoms with E-state index in [-0.39, 0.29) is 29.5 Å². The monoisotopic (exact) mass is 450 g/mol. The van der Waals surface area contributed by atoms with Gasteiger partial charge in [0.1, 0.15) is 11.9 Å². The van der Waals surface area contributed by atoms with E-state index in [1.807, 2.05) is 18.2 Å². The predicted molar refractivity (Wildman–Crippen MR) is 129 cm³/mol. The van der Waals surface area contributed by atoms with Crippen LogP contribution in [0.2, 0.25) is 0 Å². The van der Waals surface area contributed by atoms with Gasteiger partial charge in [-0.3, -0.25) is 4.90 Å². The zero-order valence-electron chi connectivity index (χ0n) is 20.2. The Kier molecular flexibility index (Phi) is 5.72. The fourth-order valence-corrected chi connectivity index (χ4v) is 5.94. The summed E-state index contributed by atoms with van der Waals surface area (Å²) in [5, 5.41) is 3.09. The van der Waals surface area contributed by atoms with Gasteiger partial charge in [0, 0.05) is 12.1 Å². The van der Waals surface area contributed by atoms with Gasteiger partial charge >= 0.3 is 6.09 Å². The van der Waals surface area contributed by atoms with Crippen LogP contribution in [0.15, 0.2) is 36.4 Å². The van der Waals surface area contributed by atoms with Crippen molar-refractivity contribution in [2.45, 2.75) is 65.0 Å². The predicted octanol–water partition coefficient (Wildman–Crippen LogP) is 6.06. The molecule has 1 amide bonds. The SMILES string of the molecule is CC(C)c1ccc(-c2cc3c(cc2F)[C@H](NC(=O)O[C@H]2CN4CCC2CC4)C(C)(C)C3)cc1. The van der Waals surface area contributed by atoms with Crippen LogP contribution in [-0.4, -0.2) is 36.7 Å². The number of rotatable bonds is 4. The molecule has 3 fully saturated rings. The number of halogens is 1. The molecule has 6 rings (SSSR count). The van der Waals surface area contributed by atoms with Crippen LogP contribution in [0.4, 0.5) is 9.18 Å². The van der Waals surface area contributed by atoms with Gasteiger partial charge in [0.05, 0.1) is 6.04 Å². The first-order valence-corrected chi connectivity index (χ1v) is 12.3. The highest BCUT2D eigenvalue weighted by Crippen LogP contribution is 2.47. The molecule has 3 saturated heterocycles. The number of alkyl carbamates (subject to hydrolysis) is 1. The van der Waals surface area contributed by atoms with Gasteiger partial charge in [-0.25, -0.2) is 9.18 Å². The Morgan fingerprint density at radius 1 is 1.15 bits per heavy atom. The van der Waals surface area contributed by atoms with Gasteiger partial charge in [0.25, 0.3) is 0 Å². The van der Waals surface area contributed by atoms with Crippen molar-refractivity contribution < 1.29 is 13.9 Å². The molecule has 4 nitrogen and oxygen atoms in total. The third-order valence-corrected chi connectivity index (χ3v) is 7.97. The second-order valence-corrected chi connectivity index (χ2v) is 11.1. The summed E-state index contributed by atoms with van der Waals surface area (Å²) < 4.78 is 21.1. The Morgan fingerprint density at radius 3 is 2.45 bits per heavy atom. The maximum absolute atomic E-state index is 15.3. The van der Waals surface area contributed by atoms with Gasteiger partial charge in [-0.2, -0.15) is 0 Å². The van der Waals surface area contributed by atoms with Crippen molar-refractivity contribution in [2.75, 3.05) is 19.6 Å². The summed E-state index contributed by atoms with van der Waals surface area (Å²) in [6.45, 7) is 11.6. The standard InChI is InChI=1S/C28H35FN2O2/c1-17(2)18-5-7-19(8-6-18)22-13-21-15-28(3,4)26(23(21)14-24(22)29)30-27(32)33-25-16-31-11-9-20(25)10-12-31/h5-8,13-14,17,20,25-26H,9-12,15-16H2,1-4H3,(H,30,32)/t25-,26-/m0/s1. The molecule has 2 aromatic rings. The molecule has 0 unspecified atom stereocenters. The molecule has 0 spiro atoms. The number of hydrogen-bond donors (Lipinski definition) is 1. The lowest BCUT2D eigenvalue weighted by atomic mass is 9.85. The fourth-order valence-electron chi connectivity index (χ4n) is 5.94. The normalized spacial score (nSPS) is 27.5. The highest BCUT2D eigenvalue weighted by molar-refractivity contribution is 5.70. The van der Waals surface area contributed by atoms with Crippen molar-refractivity contribution in [3.05, 3.63) is 58.9 Å². The van der Waals surface area contributed by atoms with Crippen molar-refractivity contribution >= 4 is 6.09 Å². The lowest BCUT2D eigenvalue weighted by Gasteiger charge is -2.44. The summed E-state index contributed by atoms with van der Waals surface area (Å²) in [5.41, 5.74) is 4.49. The van der Waals surface area contributed by atoms with Gasteiger partial charge in [0.15, 0.2) is 0 Å². The van der Waals surface area contributed by atoms with Gasteiger partial charge in [-0.05, 0) is 84.0 Å². The Hall–Kier alpha value is -2.40. The highest BCUT2D eigenvalue weighted by atomic mass is 19.1. The molecule has 0 saturated carbocycles. The van der Waals surface area contributed by atoms with E-state index in [0.29, 0.717) is 17.4 Å². The second kappa shape index (κ2) is 8.43. The second-order valence-electron chi connectivity index (χ2n) is 11.1. The zero-order valence-corrected chi connectivity index (χ0v) is 20.2. The number of benzene rings is 2. The summed E-state index contributed by atoms with van der Waals surface area (Å²) >= 11 is 0. The molecule has 2 bridgehead atoms. The first kappa shape index (κ1) is 22.4. The van der Waals surface area contributed by atoms with E-state index in [4.69, 9.17) is 4.74 Å². The molecule has 1 aliphatic carbocycles. The number of ether oxygens (including phenoxy) is 1. The molecule has 0 radical (unpaired) electrons. The summed E-state index contributed by atoms with van der Waals surface area (Å²) in [4.78, 5) is 15.2. The first-order valence-electron chi connectivity index (χ1n) is 12.3.